The number of nitrogens with one attached hydrogen (secondary N) is 1. The highest BCUT2D eigenvalue weighted by Crippen LogP contribution is 2.27. The molecule has 1 aliphatic heterocycles. The Morgan fingerprint density at radius 1 is 1.32 bits per heavy atom. The Morgan fingerprint density at radius 2 is 2.05 bits per heavy atom. The number of rotatable bonds is 7. The molecule has 2 amide bonds. The van der Waals surface area contributed by atoms with Crippen LogP contribution in [0.25, 0.3) is 0 Å². The predicted molar refractivity (Wildman–Crippen MR) is 84.0 cm³/mol. The lowest BCUT2D eigenvalue weighted by molar-refractivity contribution is -0.124. The lowest BCUT2D eigenvalue weighted by Crippen LogP contribution is -2.43. The Labute approximate surface area is 132 Å². The van der Waals surface area contributed by atoms with E-state index in [1.165, 1.54) is 32.1 Å². The summed E-state index contributed by atoms with van der Waals surface area (Å²) in [5.74, 6) is 0.418. The van der Waals surface area contributed by atoms with Crippen molar-refractivity contribution in [2.24, 2.45) is 11.7 Å². The Hall–Kier alpha value is -1.14. The van der Waals surface area contributed by atoms with Crippen molar-refractivity contribution in [3.8, 4) is 0 Å². The molecule has 0 aromatic rings. The van der Waals surface area contributed by atoms with Crippen LogP contribution < -0.4 is 11.1 Å². The van der Waals surface area contributed by atoms with Gasteiger partial charge < -0.3 is 21.1 Å². The van der Waals surface area contributed by atoms with Gasteiger partial charge in [-0.25, -0.2) is 0 Å². The van der Waals surface area contributed by atoms with E-state index in [1.54, 1.807) is 4.90 Å². The van der Waals surface area contributed by atoms with Crippen LogP contribution in [0, 0.1) is 5.92 Å². The van der Waals surface area contributed by atoms with E-state index in [1.807, 2.05) is 0 Å². The van der Waals surface area contributed by atoms with Crippen LogP contribution in [0.1, 0.15) is 51.4 Å². The third-order valence-corrected chi connectivity index (χ3v) is 4.95. The van der Waals surface area contributed by atoms with Gasteiger partial charge in [-0.2, -0.15) is 0 Å². The van der Waals surface area contributed by atoms with Crippen LogP contribution in [0.5, 0.6) is 0 Å². The number of hydrogen-bond acceptors (Lipinski definition) is 4. The summed E-state index contributed by atoms with van der Waals surface area (Å²) in [6.45, 7) is 1.23. The Morgan fingerprint density at radius 3 is 2.68 bits per heavy atom. The number of carbonyl (C=O) groups excluding carboxylic acids is 2. The van der Waals surface area contributed by atoms with Crippen LogP contribution in [-0.2, 0) is 9.59 Å². The zero-order chi connectivity index (χ0) is 15.9. The molecule has 0 bridgehead atoms. The second-order valence-electron chi connectivity index (χ2n) is 6.83. The van der Waals surface area contributed by atoms with Gasteiger partial charge in [0.1, 0.15) is 0 Å². The normalized spacial score (nSPS) is 25.7. The highest BCUT2D eigenvalue weighted by molar-refractivity contribution is 5.77. The summed E-state index contributed by atoms with van der Waals surface area (Å²) in [7, 11) is 0. The highest BCUT2D eigenvalue weighted by Gasteiger charge is 2.26. The molecule has 2 aliphatic rings. The van der Waals surface area contributed by atoms with E-state index in [9.17, 15) is 14.7 Å². The maximum absolute atomic E-state index is 12.0. The van der Waals surface area contributed by atoms with E-state index in [-0.39, 0.29) is 24.4 Å². The van der Waals surface area contributed by atoms with Gasteiger partial charge in [0.2, 0.25) is 12.3 Å². The largest absolute Gasteiger partial charge is 0.391 e. The summed E-state index contributed by atoms with van der Waals surface area (Å²) < 4.78 is 0. The second-order valence-corrected chi connectivity index (χ2v) is 6.83. The summed E-state index contributed by atoms with van der Waals surface area (Å²) in [6, 6.07) is -0.330. The molecule has 3 atom stereocenters. The van der Waals surface area contributed by atoms with Crippen molar-refractivity contribution in [3.63, 3.8) is 0 Å². The first kappa shape index (κ1) is 17.2. The number of aliphatic hydroxyl groups is 1. The minimum atomic E-state index is -0.787. The first-order chi connectivity index (χ1) is 10.6. The fraction of sp³-hybridized carbons (Fsp3) is 0.875. The minimum Gasteiger partial charge on any atom is -0.391 e. The molecule has 3 unspecified atom stereocenters. The topological polar surface area (TPSA) is 95.7 Å². The van der Waals surface area contributed by atoms with Crippen molar-refractivity contribution in [2.45, 2.75) is 69.6 Å². The van der Waals surface area contributed by atoms with Gasteiger partial charge in [-0.3, -0.25) is 9.59 Å². The van der Waals surface area contributed by atoms with Gasteiger partial charge >= 0.3 is 0 Å². The maximum Gasteiger partial charge on any atom is 0.222 e. The third kappa shape index (κ3) is 5.25. The summed E-state index contributed by atoms with van der Waals surface area (Å²) in [5, 5.41) is 13.0. The molecule has 0 aromatic heterocycles. The monoisotopic (exact) mass is 311 g/mol. The number of hydrogen-bond donors (Lipinski definition) is 3. The average Bonchev–Trinajstić information content (AvgIpc) is 2.95. The number of nitrogens with zero attached hydrogens (tertiary/aromatic N) is 1. The van der Waals surface area contributed by atoms with Gasteiger partial charge in [-0.15, -0.1) is 0 Å². The van der Waals surface area contributed by atoms with E-state index in [4.69, 9.17) is 5.73 Å². The molecular formula is C16H29N3O3. The smallest absolute Gasteiger partial charge is 0.222 e. The molecule has 0 radical (unpaired) electrons. The number of likely N-dealkylation sites (tertiary alicyclic amines) is 1. The molecule has 4 N–H and O–H groups in total. The quantitative estimate of drug-likeness (QED) is 0.592. The fourth-order valence-corrected chi connectivity index (χ4v) is 3.59. The zero-order valence-corrected chi connectivity index (χ0v) is 13.2. The predicted octanol–water partition coefficient (Wildman–Crippen LogP) is 0.382. The van der Waals surface area contributed by atoms with E-state index in [0.717, 1.165) is 19.3 Å². The van der Waals surface area contributed by atoms with Gasteiger partial charge in [0.25, 0.3) is 0 Å². The Kier molecular flexibility index (Phi) is 6.64. The first-order valence-corrected chi connectivity index (χ1v) is 8.51. The van der Waals surface area contributed by atoms with Crippen LogP contribution in [0.2, 0.25) is 0 Å². The van der Waals surface area contributed by atoms with Crippen molar-refractivity contribution in [3.05, 3.63) is 0 Å². The Bertz CT molecular complexity index is 372. The molecule has 2 fully saturated rings. The van der Waals surface area contributed by atoms with Crippen LogP contribution in [0.3, 0.4) is 0 Å². The molecule has 6 nitrogen and oxygen atoms in total. The van der Waals surface area contributed by atoms with Crippen LogP contribution in [-0.4, -0.2) is 53.6 Å². The number of aliphatic hydroxyl groups excluding tert-OH is 1. The van der Waals surface area contributed by atoms with Gasteiger partial charge in [0, 0.05) is 25.2 Å². The van der Waals surface area contributed by atoms with Crippen LogP contribution in [0.15, 0.2) is 0 Å². The molecule has 126 valence electrons. The average molecular weight is 311 g/mol. The summed E-state index contributed by atoms with van der Waals surface area (Å²) in [4.78, 5) is 24.3. The van der Waals surface area contributed by atoms with Crippen molar-refractivity contribution in [1.82, 2.24) is 10.2 Å². The molecule has 22 heavy (non-hydrogen) atoms. The SMILES string of the molecule is NC(CC1CCCCC1)C(O)CC(=O)NC1CCN(C=O)C1. The van der Waals surface area contributed by atoms with Gasteiger partial charge in [-0.05, 0) is 18.8 Å². The van der Waals surface area contributed by atoms with Crippen molar-refractivity contribution >= 4 is 12.3 Å². The fourth-order valence-electron chi connectivity index (χ4n) is 3.59. The number of carbonyl (C=O) groups is 2. The minimum absolute atomic E-state index is 0.000492. The van der Waals surface area contributed by atoms with Crippen molar-refractivity contribution in [2.75, 3.05) is 13.1 Å². The number of amides is 2. The van der Waals surface area contributed by atoms with Gasteiger partial charge in [0.15, 0.2) is 0 Å². The van der Waals surface area contributed by atoms with Gasteiger partial charge in [0.05, 0.1) is 12.5 Å². The molecule has 1 aliphatic carbocycles. The lowest BCUT2D eigenvalue weighted by atomic mass is 9.83. The van der Waals surface area contributed by atoms with Crippen molar-refractivity contribution in [1.29, 1.82) is 0 Å². The molecular weight excluding hydrogens is 282 g/mol. The van der Waals surface area contributed by atoms with Crippen molar-refractivity contribution < 1.29 is 14.7 Å². The van der Waals surface area contributed by atoms with Gasteiger partial charge in [-0.1, -0.05) is 32.1 Å². The van der Waals surface area contributed by atoms with E-state index in [2.05, 4.69) is 5.32 Å². The summed E-state index contributed by atoms with van der Waals surface area (Å²) in [6.07, 6.45) is 7.83. The molecule has 6 heteroatoms. The molecule has 1 heterocycles. The van der Waals surface area contributed by atoms with E-state index >= 15 is 0 Å². The zero-order valence-electron chi connectivity index (χ0n) is 13.2. The second kappa shape index (κ2) is 8.48. The molecule has 1 saturated heterocycles. The number of nitrogens with two attached hydrogens (primary N) is 1. The van der Waals surface area contributed by atoms with E-state index in [0.29, 0.717) is 19.0 Å². The van der Waals surface area contributed by atoms with Crippen LogP contribution >= 0.6 is 0 Å². The van der Waals surface area contributed by atoms with E-state index < -0.39 is 6.10 Å². The Balaban J connectivity index is 1.67. The molecule has 1 saturated carbocycles. The molecule has 0 aromatic carbocycles. The molecule has 2 rings (SSSR count). The summed E-state index contributed by atoms with van der Waals surface area (Å²) in [5.41, 5.74) is 6.06. The highest BCUT2D eigenvalue weighted by atomic mass is 16.3. The third-order valence-electron chi connectivity index (χ3n) is 4.95. The first-order valence-electron chi connectivity index (χ1n) is 8.51. The summed E-state index contributed by atoms with van der Waals surface area (Å²) >= 11 is 0. The molecule has 0 spiro atoms. The maximum atomic E-state index is 12.0. The standard InChI is InChI=1S/C16H29N3O3/c17-14(8-12-4-2-1-3-5-12)15(21)9-16(22)18-13-6-7-19(10-13)11-20/h11-15,21H,1-10,17H2,(H,18,22). The lowest BCUT2D eigenvalue weighted by Gasteiger charge is -2.27. The van der Waals surface area contributed by atoms with Crippen LogP contribution in [0.4, 0.5) is 0 Å².